The molecule has 1 atom stereocenters. The Labute approximate surface area is 143 Å². The number of H-pyrrole nitrogens is 2. The molecule has 0 aromatic carbocycles. The Kier molecular flexibility index (Phi) is 4.76. The van der Waals surface area contributed by atoms with Gasteiger partial charge in [0.2, 0.25) is 11.8 Å². The summed E-state index contributed by atoms with van der Waals surface area (Å²) in [6.07, 6.45) is 3.32. The van der Waals surface area contributed by atoms with Crippen molar-refractivity contribution in [2.75, 3.05) is 32.8 Å². The molecular weight excluding hydrogens is 328 g/mol. The molecule has 9 nitrogen and oxygen atoms in total. The van der Waals surface area contributed by atoms with Crippen molar-refractivity contribution in [3.63, 3.8) is 0 Å². The van der Waals surface area contributed by atoms with E-state index in [0.717, 1.165) is 12.8 Å². The second kappa shape index (κ2) is 6.83. The molecule has 1 spiro atoms. The van der Waals surface area contributed by atoms with Crippen molar-refractivity contribution in [3.05, 3.63) is 32.6 Å². The standard InChI is InChI=1S/C16H22N4O5/c21-7-6-19-4-1-2-16(14(19)24)3-5-20(10-16)12(22)8-11-9-17-15(25)18-13(11)23/h9,21H,1-8,10H2,(H2,17,18,23,25). The highest BCUT2D eigenvalue weighted by molar-refractivity contribution is 5.86. The molecule has 2 amide bonds. The molecule has 3 N–H and O–H groups in total. The van der Waals surface area contributed by atoms with E-state index in [1.165, 1.54) is 6.20 Å². The molecule has 2 aliphatic heterocycles. The normalized spacial score (nSPS) is 23.5. The monoisotopic (exact) mass is 350 g/mol. The van der Waals surface area contributed by atoms with Crippen LogP contribution in [0.15, 0.2) is 15.8 Å². The second-order valence-electron chi connectivity index (χ2n) is 6.74. The van der Waals surface area contributed by atoms with Crippen LogP contribution in [0.5, 0.6) is 0 Å². The van der Waals surface area contributed by atoms with Gasteiger partial charge in [0, 0.05) is 37.9 Å². The van der Waals surface area contributed by atoms with Crippen LogP contribution in [0.1, 0.15) is 24.8 Å². The van der Waals surface area contributed by atoms with Crippen molar-refractivity contribution >= 4 is 11.8 Å². The van der Waals surface area contributed by atoms with Gasteiger partial charge < -0.3 is 19.9 Å². The van der Waals surface area contributed by atoms with E-state index in [-0.39, 0.29) is 30.4 Å². The molecule has 9 heteroatoms. The van der Waals surface area contributed by atoms with Gasteiger partial charge in [-0.3, -0.25) is 19.4 Å². The van der Waals surface area contributed by atoms with E-state index in [1.54, 1.807) is 9.80 Å². The van der Waals surface area contributed by atoms with Gasteiger partial charge in [-0.05, 0) is 19.3 Å². The number of hydrogen-bond acceptors (Lipinski definition) is 5. The minimum atomic E-state index is -0.613. The smallest absolute Gasteiger partial charge is 0.325 e. The average Bonchev–Trinajstić information content (AvgIpc) is 3.00. The van der Waals surface area contributed by atoms with Gasteiger partial charge in [-0.2, -0.15) is 0 Å². The van der Waals surface area contributed by atoms with Crippen molar-refractivity contribution in [2.24, 2.45) is 5.41 Å². The fourth-order valence-corrected chi connectivity index (χ4v) is 3.79. The molecule has 0 saturated carbocycles. The van der Waals surface area contributed by atoms with Crippen LogP contribution < -0.4 is 11.2 Å². The third-order valence-electron chi connectivity index (χ3n) is 5.14. The van der Waals surface area contributed by atoms with Gasteiger partial charge in [-0.1, -0.05) is 0 Å². The lowest BCUT2D eigenvalue weighted by Gasteiger charge is -2.39. The number of rotatable bonds is 4. The van der Waals surface area contributed by atoms with Gasteiger partial charge in [0.25, 0.3) is 5.56 Å². The summed E-state index contributed by atoms with van der Waals surface area (Å²) >= 11 is 0. The first-order valence-electron chi connectivity index (χ1n) is 8.44. The van der Waals surface area contributed by atoms with Gasteiger partial charge in [-0.25, -0.2) is 4.79 Å². The van der Waals surface area contributed by atoms with E-state index in [9.17, 15) is 19.2 Å². The molecule has 0 aliphatic carbocycles. The lowest BCUT2D eigenvalue weighted by molar-refractivity contribution is -0.146. The van der Waals surface area contributed by atoms with E-state index >= 15 is 0 Å². The summed E-state index contributed by atoms with van der Waals surface area (Å²) in [6.45, 7) is 1.70. The number of carbonyl (C=O) groups is 2. The number of carbonyl (C=O) groups excluding carboxylic acids is 2. The number of aromatic nitrogens is 2. The first-order chi connectivity index (χ1) is 11.9. The summed E-state index contributed by atoms with van der Waals surface area (Å²) < 4.78 is 0. The maximum Gasteiger partial charge on any atom is 0.325 e. The van der Waals surface area contributed by atoms with Crippen molar-refractivity contribution in [2.45, 2.75) is 25.7 Å². The average molecular weight is 350 g/mol. The predicted molar refractivity (Wildman–Crippen MR) is 87.9 cm³/mol. The molecule has 1 aromatic rings. The lowest BCUT2D eigenvalue weighted by Crippen LogP contribution is -2.51. The van der Waals surface area contributed by atoms with E-state index in [1.807, 2.05) is 0 Å². The van der Waals surface area contributed by atoms with Crippen LogP contribution in [0.25, 0.3) is 0 Å². The zero-order valence-corrected chi connectivity index (χ0v) is 13.9. The van der Waals surface area contributed by atoms with Gasteiger partial charge >= 0.3 is 5.69 Å². The van der Waals surface area contributed by atoms with Crippen molar-refractivity contribution in [3.8, 4) is 0 Å². The summed E-state index contributed by atoms with van der Waals surface area (Å²) in [4.78, 5) is 55.7. The number of likely N-dealkylation sites (tertiary alicyclic amines) is 2. The summed E-state index contributed by atoms with van der Waals surface area (Å²) in [5, 5.41) is 9.10. The number of nitrogens with one attached hydrogen (secondary N) is 2. The van der Waals surface area contributed by atoms with E-state index < -0.39 is 16.7 Å². The van der Waals surface area contributed by atoms with Gasteiger partial charge in [-0.15, -0.1) is 0 Å². The number of β-amino-alcohol motifs (C(OH)–C–C–N with tert-alkyl or cyclic N) is 1. The van der Waals surface area contributed by atoms with Gasteiger partial charge in [0.05, 0.1) is 18.4 Å². The van der Waals surface area contributed by atoms with Crippen LogP contribution in [0, 0.1) is 5.41 Å². The van der Waals surface area contributed by atoms with Crippen molar-refractivity contribution in [1.82, 2.24) is 19.8 Å². The summed E-state index contributed by atoms with van der Waals surface area (Å²) in [7, 11) is 0. The zero-order chi connectivity index (χ0) is 18.0. The molecule has 136 valence electrons. The first kappa shape index (κ1) is 17.4. The van der Waals surface area contributed by atoms with Crippen molar-refractivity contribution in [1.29, 1.82) is 0 Å². The molecule has 2 aliphatic rings. The van der Waals surface area contributed by atoms with Crippen molar-refractivity contribution < 1.29 is 14.7 Å². The molecule has 2 saturated heterocycles. The predicted octanol–water partition coefficient (Wildman–Crippen LogP) is -1.56. The third kappa shape index (κ3) is 3.37. The number of piperidine rings is 1. The Hall–Kier alpha value is -2.42. The molecule has 2 fully saturated rings. The maximum absolute atomic E-state index is 12.7. The quantitative estimate of drug-likeness (QED) is 0.605. The molecule has 0 bridgehead atoms. The highest BCUT2D eigenvalue weighted by atomic mass is 16.3. The van der Waals surface area contributed by atoms with Crippen LogP contribution >= 0.6 is 0 Å². The summed E-state index contributed by atoms with van der Waals surface area (Å²) in [5.74, 6) is -0.230. The number of aromatic amines is 2. The molecular formula is C16H22N4O5. The second-order valence-corrected chi connectivity index (χ2v) is 6.74. The molecule has 0 radical (unpaired) electrons. The summed E-state index contributed by atoms with van der Waals surface area (Å²) in [5.41, 5.74) is -1.56. The molecule has 1 unspecified atom stereocenters. The highest BCUT2D eigenvalue weighted by Gasteiger charge is 2.49. The number of nitrogens with zero attached hydrogens (tertiary/aromatic N) is 2. The first-order valence-corrected chi connectivity index (χ1v) is 8.44. The largest absolute Gasteiger partial charge is 0.395 e. The Morgan fingerprint density at radius 2 is 2.04 bits per heavy atom. The summed E-state index contributed by atoms with van der Waals surface area (Å²) in [6, 6.07) is 0. The topological polar surface area (TPSA) is 127 Å². The van der Waals surface area contributed by atoms with E-state index in [0.29, 0.717) is 32.6 Å². The third-order valence-corrected chi connectivity index (χ3v) is 5.14. The Morgan fingerprint density at radius 3 is 2.76 bits per heavy atom. The van der Waals surface area contributed by atoms with Crippen LogP contribution in [-0.4, -0.2) is 69.5 Å². The SMILES string of the molecule is O=C(Cc1c[nH]c(=O)[nH]c1=O)N1CCC2(CCCN(CCO)C2=O)C1. The molecule has 3 heterocycles. The van der Waals surface area contributed by atoms with E-state index in [4.69, 9.17) is 5.11 Å². The Bertz CT molecular complexity index is 783. The van der Waals surface area contributed by atoms with Crippen LogP contribution in [0.3, 0.4) is 0 Å². The van der Waals surface area contributed by atoms with Crippen LogP contribution in [0.2, 0.25) is 0 Å². The Morgan fingerprint density at radius 1 is 1.24 bits per heavy atom. The minimum absolute atomic E-state index is 0.00462. The molecule has 3 rings (SSSR count). The lowest BCUT2D eigenvalue weighted by atomic mass is 9.78. The highest BCUT2D eigenvalue weighted by Crippen LogP contribution is 2.40. The molecule has 1 aromatic heterocycles. The fourth-order valence-electron chi connectivity index (χ4n) is 3.79. The number of hydrogen-bond donors (Lipinski definition) is 3. The van der Waals surface area contributed by atoms with Gasteiger partial charge in [0.1, 0.15) is 0 Å². The zero-order valence-electron chi connectivity index (χ0n) is 13.9. The van der Waals surface area contributed by atoms with Gasteiger partial charge in [0.15, 0.2) is 0 Å². The van der Waals surface area contributed by atoms with E-state index in [2.05, 4.69) is 9.97 Å². The number of aliphatic hydroxyl groups is 1. The maximum atomic E-state index is 12.7. The number of aliphatic hydroxyl groups excluding tert-OH is 1. The molecule has 25 heavy (non-hydrogen) atoms. The Balaban J connectivity index is 1.69. The minimum Gasteiger partial charge on any atom is -0.395 e. The van der Waals surface area contributed by atoms with Crippen LogP contribution in [-0.2, 0) is 16.0 Å². The fraction of sp³-hybridized carbons (Fsp3) is 0.625. The number of amides is 2. The van der Waals surface area contributed by atoms with Crippen LogP contribution in [0.4, 0.5) is 0 Å².